The smallest absolute Gasteiger partial charge is 0.308 e. The molecule has 0 aliphatic carbocycles. The third-order valence-corrected chi connectivity index (χ3v) is 11.2. The summed E-state index contributed by atoms with van der Waals surface area (Å²) < 4.78 is 17.0. The van der Waals surface area contributed by atoms with Crippen LogP contribution >= 0.6 is 0 Å². The number of unbranched alkanes of at least 4 members (excludes halogenated alkanes) is 12. The molecule has 0 heterocycles. The van der Waals surface area contributed by atoms with Crippen molar-refractivity contribution in [3.63, 3.8) is 0 Å². The van der Waals surface area contributed by atoms with Crippen LogP contribution < -0.4 is 0 Å². The molecular formula is C47H91NO6. The monoisotopic (exact) mass is 766 g/mol. The number of esters is 3. The van der Waals surface area contributed by atoms with Crippen molar-refractivity contribution >= 4 is 17.9 Å². The van der Waals surface area contributed by atoms with Gasteiger partial charge in [-0.2, -0.15) is 0 Å². The van der Waals surface area contributed by atoms with Crippen LogP contribution in [0.1, 0.15) is 203 Å². The number of ether oxygens (including phenoxy) is 3. The van der Waals surface area contributed by atoms with Crippen molar-refractivity contribution in [3.8, 4) is 0 Å². The van der Waals surface area contributed by atoms with Crippen LogP contribution in [0.25, 0.3) is 0 Å². The molecule has 7 nitrogen and oxygen atoms in total. The van der Waals surface area contributed by atoms with Gasteiger partial charge in [-0.25, -0.2) is 0 Å². The summed E-state index contributed by atoms with van der Waals surface area (Å²) in [6.45, 7) is 20.5. The third kappa shape index (κ3) is 32.6. The summed E-state index contributed by atoms with van der Waals surface area (Å²) in [6, 6.07) is 0. The summed E-state index contributed by atoms with van der Waals surface area (Å²) in [5, 5.41) is 0. The van der Waals surface area contributed by atoms with E-state index in [1.54, 1.807) is 0 Å². The van der Waals surface area contributed by atoms with Crippen molar-refractivity contribution in [2.75, 3.05) is 40.5 Å². The normalized spacial score (nSPS) is 13.6. The fraction of sp³-hybridized carbons (Fsp3) is 0.936. The maximum Gasteiger partial charge on any atom is 0.308 e. The van der Waals surface area contributed by atoms with Crippen LogP contribution in [-0.4, -0.2) is 63.3 Å². The SMILES string of the molecule is CC(C)CCC(COC(=O)CCCCCCCCCC(CCCCCCCCCC(=O)OCC(CCC(C)C)C(C)C)C(=O)OCCCN(C)C)C(C)C. The van der Waals surface area contributed by atoms with Crippen LogP contribution in [0.15, 0.2) is 0 Å². The van der Waals surface area contributed by atoms with E-state index in [1.807, 2.05) is 14.1 Å². The zero-order valence-corrected chi connectivity index (χ0v) is 37.5. The highest BCUT2D eigenvalue weighted by molar-refractivity contribution is 5.72. The van der Waals surface area contributed by atoms with Gasteiger partial charge in [-0.3, -0.25) is 14.4 Å². The van der Waals surface area contributed by atoms with Crippen molar-refractivity contribution < 1.29 is 28.6 Å². The van der Waals surface area contributed by atoms with Gasteiger partial charge in [0.05, 0.1) is 25.7 Å². The van der Waals surface area contributed by atoms with Crippen molar-refractivity contribution in [1.82, 2.24) is 4.90 Å². The molecule has 2 atom stereocenters. The van der Waals surface area contributed by atoms with Crippen LogP contribution in [0.2, 0.25) is 0 Å². The minimum Gasteiger partial charge on any atom is -0.465 e. The van der Waals surface area contributed by atoms with E-state index >= 15 is 0 Å². The molecule has 320 valence electrons. The first-order chi connectivity index (χ1) is 25.7. The molecule has 0 fully saturated rings. The Labute approximate surface area is 335 Å². The number of nitrogens with zero attached hydrogens (tertiary/aromatic N) is 1. The Bertz CT molecular complexity index is 843. The molecule has 7 heteroatoms. The molecule has 54 heavy (non-hydrogen) atoms. The fourth-order valence-electron chi connectivity index (χ4n) is 7.00. The van der Waals surface area contributed by atoms with E-state index < -0.39 is 0 Å². The Morgan fingerprint density at radius 2 is 0.815 bits per heavy atom. The molecular weight excluding hydrogens is 675 g/mol. The van der Waals surface area contributed by atoms with E-state index in [2.05, 4.69) is 60.3 Å². The summed E-state index contributed by atoms with van der Waals surface area (Å²) in [4.78, 5) is 39.7. The second-order valence-corrected chi connectivity index (χ2v) is 18.4. The van der Waals surface area contributed by atoms with E-state index in [1.165, 1.54) is 38.5 Å². The molecule has 0 saturated heterocycles. The lowest BCUT2D eigenvalue weighted by Gasteiger charge is -2.21. The quantitative estimate of drug-likeness (QED) is 0.0354. The summed E-state index contributed by atoms with van der Waals surface area (Å²) in [7, 11) is 4.09. The minimum atomic E-state index is -0.0400. The number of carbonyl (C=O) groups excluding carboxylic acids is 3. The molecule has 0 spiro atoms. The molecule has 0 saturated carbocycles. The Morgan fingerprint density at radius 1 is 0.444 bits per heavy atom. The molecule has 0 N–H and O–H groups in total. The Kier molecular flexibility index (Phi) is 33.6. The van der Waals surface area contributed by atoms with E-state index in [-0.39, 0.29) is 23.8 Å². The van der Waals surface area contributed by atoms with Crippen LogP contribution in [0, 0.1) is 41.4 Å². The maximum atomic E-state index is 13.0. The zero-order chi connectivity index (χ0) is 40.6. The lowest BCUT2D eigenvalue weighted by atomic mass is 9.89. The second kappa shape index (κ2) is 34.6. The Balaban J connectivity index is 4.24. The standard InChI is InChI=1S/C47H91NO6/c1-38(2)30-32-43(40(5)6)36-53-45(49)28-23-19-15-11-13-17-21-26-42(47(51)52-35-25-34-48(9)10)27-22-18-14-12-16-20-24-29-46(50)54-37-44(41(7)8)33-31-39(3)4/h38-44H,11-37H2,1-10H3. The van der Waals surface area contributed by atoms with Crippen LogP contribution in [0.5, 0.6) is 0 Å². The molecule has 0 aliphatic heterocycles. The largest absolute Gasteiger partial charge is 0.465 e. The molecule has 2 unspecified atom stereocenters. The van der Waals surface area contributed by atoms with Crippen molar-refractivity contribution in [1.29, 1.82) is 0 Å². The molecule has 0 aromatic carbocycles. The van der Waals surface area contributed by atoms with E-state index in [0.717, 1.165) is 103 Å². The van der Waals surface area contributed by atoms with Crippen LogP contribution in [0.3, 0.4) is 0 Å². The van der Waals surface area contributed by atoms with Crippen molar-refractivity contribution in [2.24, 2.45) is 41.4 Å². The predicted octanol–water partition coefficient (Wildman–Crippen LogP) is 12.6. The highest BCUT2D eigenvalue weighted by atomic mass is 16.5. The highest BCUT2D eigenvalue weighted by Crippen LogP contribution is 2.24. The van der Waals surface area contributed by atoms with Gasteiger partial charge < -0.3 is 19.1 Å². The summed E-state index contributed by atoms with van der Waals surface area (Å²) in [5.41, 5.74) is 0. The number of hydrogen-bond donors (Lipinski definition) is 0. The molecule has 0 amide bonds. The first-order valence-electron chi connectivity index (χ1n) is 22.8. The van der Waals surface area contributed by atoms with Crippen LogP contribution in [-0.2, 0) is 28.6 Å². The van der Waals surface area contributed by atoms with Gasteiger partial charge in [-0.15, -0.1) is 0 Å². The number of rotatable bonds is 37. The van der Waals surface area contributed by atoms with Gasteiger partial charge in [-0.05, 0) is 94.5 Å². The molecule has 0 aliphatic rings. The van der Waals surface area contributed by atoms with Crippen molar-refractivity contribution in [2.45, 2.75) is 203 Å². The zero-order valence-electron chi connectivity index (χ0n) is 37.5. The van der Waals surface area contributed by atoms with Gasteiger partial charge in [0.15, 0.2) is 0 Å². The first-order valence-corrected chi connectivity index (χ1v) is 22.8. The third-order valence-electron chi connectivity index (χ3n) is 11.2. The van der Waals surface area contributed by atoms with Gasteiger partial charge in [0.25, 0.3) is 0 Å². The van der Waals surface area contributed by atoms with Gasteiger partial charge in [0.1, 0.15) is 0 Å². The van der Waals surface area contributed by atoms with Gasteiger partial charge in [0, 0.05) is 19.4 Å². The average Bonchev–Trinajstić information content (AvgIpc) is 3.10. The van der Waals surface area contributed by atoms with Gasteiger partial charge in [-0.1, -0.05) is 145 Å². The Morgan fingerprint density at radius 3 is 1.17 bits per heavy atom. The Hall–Kier alpha value is -1.63. The van der Waals surface area contributed by atoms with Gasteiger partial charge >= 0.3 is 17.9 Å². The topological polar surface area (TPSA) is 82.1 Å². The molecule has 0 aromatic rings. The lowest BCUT2D eigenvalue weighted by molar-refractivity contribution is -0.149. The lowest BCUT2D eigenvalue weighted by Crippen LogP contribution is -2.21. The molecule has 0 bridgehead atoms. The summed E-state index contributed by atoms with van der Waals surface area (Å²) >= 11 is 0. The first kappa shape index (κ1) is 52.4. The van der Waals surface area contributed by atoms with Crippen LogP contribution in [0.4, 0.5) is 0 Å². The summed E-state index contributed by atoms with van der Waals surface area (Å²) in [5.74, 6) is 3.27. The number of hydrogen-bond acceptors (Lipinski definition) is 7. The van der Waals surface area contributed by atoms with Gasteiger partial charge in [0.2, 0.25) is 0 Å². The molecule has 0 rings (SSSR count). The number of carbonyl (C=O) groups is 3. The fourth-order valence-corrected chi connectivity index (χ4v) is 7.00. The van der Waals surface area contributed by atoms with E-state index in [0.29, 0.717) is 68.2 Å². The predicted molar refractivity (Wildman–Crippen MR) is 227 cm³/mol. The maximum absolute atomic E-state index is 13.0. The summed E-state index contributed by atoms with van der Waals surface area (Å²) in [6.07, 6.45) is 23.8. The minimum absolute atomic E-state index is 0.00251. The average molecular weight is 766 g/mol. The van der Waals surface area contributed by atoms with E-state index in [9.17, 15) is 14.4 Å². The molecule has 0 aromatic heterocycles. The van der Waals surface area contributed by atoms with Crippen molar-refractivity contribution in [3.05, 3.63) is 0 Å². The highest BCUT2D eigenvalue weighted by Gasteiger charge is 2.20. The second-order valence-electron chi connectivity index (χ2n) is 18.4. The molecule has 0 radical (unpaired) electrons. The van der Waals surface area contributed by atoms with E-state index in [4.69, 9.17) is 14.2 Å².